The van der Waals surface area contributed by atoms with Crippen LogP contribution in [-0.4, -0.2) is 42.0 Å². The van der Waals surface area contributed by atoms with Gasteiger partial charge in [0.1, 0.15) is 0 Å². The van der Waals surface area contributed by atoms with E-state index in [0.717, 1.165) is 31.6 Å². The molecule has 1 aliphatic carbocycles. The molecule has 1 aliphatic heterocycles. The van der Waals surface area contributed by atoms with Crippen LogP contribution in [0, 0.1) is 0 Å². The minimum absolute atomic E-state index is 0. The zero-order valence-corrected chi connectivity index (χ0v) is 17.9. The summed E-state index contributed by atoms with van der Waals surface area (Å²) in [5, 5.41) is 6.64. The van der Waals surface area contributed by atoms with Crippen LogP contribution < -0.4 is 10.6 Å². The monoisotopic (exact) mass is 414 g/mol. The lowest BCUT2D eigenvalue weighted by Gasteiger charge is -2.36. The van der Waals surface area contributed by atoms with Gasteiger partial charge >= 0.3 is 0 Å². The van der Waals surface area contributed by atoms with Gasteiger partial charge in [-0.25, -0.2) is 0 Å². The summed E-state index contributed by atoms with van der Waals surface area (Å²) in [4.78, 5) is 19.3. The van der Waals surface area contributed by atoms with Crippen molar-refractivity contribution in [3.63, 3.8) is 0 Å². The molecule has 29 heavy (non-hydrogen) atoms. The van der Waals surface area contributed by atoms with Gasteiger partial charge in [0.05, 0.1) is 12.6 Å². The Balaban J connectivity index is 0.00000240. The summed E-state index contributed by atoms with van der Waals surface area (Å²) < 4.78 is 0. The van der Waals surface area contributed by atoms with Gasteiger partial charge in [0.2, 0.25) is 5.91 Å². The maximum Gasteiger partial charge on any atom is 0.234 e. The zero-order valence-electron chi connectivity index (χ0n) is 17.1. The summed E-state index contributed by atoms with van der Waals surface area (Å²) in [6.45, 7) is 5.11. The number of halogens is 1. The SMILES string of the molecule is CC(NC(=O)CN1CCNCC1c1cccnc1)c1ccc2c(c1)CCCC2.Cl. The fraction of sp³-hybridized carbons (Fsp3) is 0.478. The molecule has 1 saturated heterocycles. The summed E-state index contributed by atoms with van der Waals surface area (Å²) in [5.74, 6) is 0.0843. The van der Waals surface area contributed by atoms with Crippen molar-refractivity contribution in [3.05, 3.63) is 65.0 Å². The molecule has 4 rings (SSSR count). The number of nitrogens with zero attached hydrogens (tertiary/aromatic N) is 2. The lowest BCUT2D eigenvalue weighted by molar-refractivity contribution is -0.123. The molecule has 2 unspecified atom stereocenters. The van der Waals surface area contributed by atoms with Crippen LogP contribution in [0.15, 0.2) is 42.7 Å². The molecule has 0 bridgehead atoms. The Kier molecular flexibility index (Phi) is 7.64. The first-order chi connectivity index (χ1) is 13.7. The highest BCUT2D eigenvalue weighted by Crippen LogP contribution is 2.25. The van der Waals surface area contributed by atoms with E-state index in [1.165, 1.54) is 36.0 Å². The van der Waals surface area contributed by atoms with Crippen molar-refractivity contribution in [2.75, 3.05) is 26.2 Å². The van der Waals surface area contributed by atoms with Crippen molar-refractivity contribution in [2.45, 2.75) is 44.7 Å². The van der Waals surface area contributed by atoms with Gasteiger partial charge in [-0.1, -0.05) is 24.3 Å². The molecule has 2 atom stereocenters. The van der Waals surface area contributed by atoms with Gasteiger partial charge < -0.3 is 10.6 Å². The molecule has 2 aliphatic rings. The number of benzene rings is 1. The highest BCUT2D eigenvalue weighted by molar-refractivity contribution is 5.85. The van der Waals surface area contributed by atoms with Crippen LogP contribution in [0.25, 0.3) is 0 Å². The van der Waals surface area contributed by atoms with E-state index in [-0.39, 0.29) is 30.4 Å². The average molecular weight is 415 g/mol. The van der Waals surface area contributed by atoms with Gasteiger partial charge in [-0.05, 0) is 60.9 Å². The van der Waals surface area contributed by atoms with Crippen molar-refractivity contribution >= 4 is 18.3 Å². The summed E-state index contributed by atoms with van der Waals surface area (Å²) in [7, 11) is 0. The minimum Gasteiger partial charge on any atom is -0.348 e. The van der Waals surface area contributed by atoms with Gasteiger partial charge in [0, 0.05) is 38.1 Å². The number of nitrogens with one attached hydrogen (secondary N) is 2. The maximum absolute atomic E-state index is 12.8. The predicted molar refractivity (Wildman–Crippen MR) is 118 cm³/mol. The Morgan fingerprint density at radius 3 is 2.90 bits per heavy atom. The first-order valence-electron chi connectivity index (χ1n) is 10.5. The van der Waals surface area contributed by atoms with Crippen LogP contribution >= 0.6 is 12.4 Å². The molecular formula is C23H31ClN4O. The van der Waals surface area contributed by atoms with Crippen LogP contribution in [-0.2, 0) is 17.6 Å². The highest BCUT2D eigenvalue weighted by Gasteiger charge is 2.26. The smallest absolute Gasteiger partial charge is 0.234 e. The molecule has 6 heteroatoms. The Morgan fingerprint density at radius 1 is 1.28 bits per heavy atom. The lowest BCUT2D eigenvalue weighted by atomic mass is 9.89. The Morgan fingerprint density at radius 2 is 2.10 bits per heavy atom. The van der Waals surface area contributed by atoms with Gasteiger partial charge in [0.25, 0.3) is 0 Å². The topological polar surface area (TPSA) is 57.3 Å². The van der Waals surface area contributed by atoms with Gasteiger partial charge in [0.15, 0.2) is 0 Å². The second-order valence-corrected chi connectivity index (χ2v) is 8.00. The molecule has 0 radical (unpaired) electrons. The minimum atomic E-state index is 0. The average Bonchev–Trinajstić information content (AvgIpc) is 2.74. The fourth-order valence-corrected chi connectivity index (χ4v) is 4.41. The van der Waals surface area contributed by atoms with Gasteiger partial charge in [-0.2, -0.15) is 0 Å². The highest BCUT2D eigenvalue weighted by atomic mass is 35.5. The number of aryl methyl sites for hydroxylation is 2. The molecule has 2 N–H and O–H groups in total. The summed E-state index contributed by atoms with van der Waals surface area (Å²) >= 11 is 0. The standard InChI is InChI=1S/C23H30N4O.ClH/c1-17(19-9-8-18-5-2-3-6-20(18)13-19)26-23(28)16-27-12-11-25-15-22(27)21-7-4-10-24-14-21;/h4,7-10,13-14,17,22,25H,2-3,5-6,11-12,15-16H2,1H3,(H,26,28);1H. The molecule has 2 heterocycles. The number of piperazine rings is 1. The van der Waals surface area contributed by atoms with Crippen LogP contribution in [0.1, 0.15) is 54.1 Å². The van der Waals surface area contributed by atoms with Crippen molar-refractivity contribution in [2.24, 2.45) is 0 Å². The van der Waals surface area contributed by atoms with Crippen molar-refractivity contribution in [1.82, 2.24) is 20.5 Å². The Labute approximate surface area is 179 Å². The van der Waals surface area contributed by atoms with E-state index >= 15 is 0 Å². The van der Waals surface area contributed by atoms with Crippen molar-refractivity contribution in [3.8, 4) is 0 Å². The van der Waals surface area contributed by atoms with E-state index in [1.54, 1.807) is 6.20 Å². The summed E-state index contributed by atoms with van der Waals surface area (Å²) in [5.41, 5.74) is 5.31. The summed E-state index contributed by atoms with van der Waals surface area (Å²) in [6.07, 6.45) is 8.61. The molecular weight excluding hydrogens is 384 g/mol. The van der Waals surface area contributed by atoms with Crippen LogP contribution in [0.5, 0.6) is 0 Å². The third-order valence-corrected chi connectivity index (χ3v) is 6.02. The number of hydrogen-bond acceptors (Lipinski definition) is 4. The molecule has 1 fully saturated rings. The largest absolute Gasteiger partial charge is 0.348 e. The second-order valence-electron chi connectivity index (χ2n) is 8.00. The van der Waals surface area contributed by atoms with E-state index < -0.39 is 0 Å². The number of carbonyl (C=O) groups is 1. The lowest BCUT2D eigenvalue weighted by Crippen LogP contribution is -2.49. The molecule has 0 spiro atoms. The quantitative estimate of drug-likeness (QED) is 0.788. The van der Waals surface area contributed by atoms with Crippen molar-refractivity contribution < 1.29 is 4.79 Å². The molecule has 1 amide bonds. The summed E-state index contributed by atoms with van der Waals surface area (Å²) in [6, 6.07) is 11.0. The number of hydrogen-bond donors (Lipinski definition) is 2. The molecule has 0 saturated carbocycles. The van der Waals surface area contributed by atoms with E-state index in [2.05, 4.69) is 51.7 Å². The number of fused-ring (bicyclic) bond motifs is 1. The molecule has 1 aromatic heterocycles. The van der Waals surface area contributed by atoms with Gasteiger partial charge in [-0.15, -0.1) is 12.4 Å². The Bertz CT molecular complexity index is 814. The number of pyridine rings is 1. The van der Waals surface area contributed by atoms with E-state index in [1.807, 2.05) is 12.3 Å². The molecule has 1 aromatic carbocycles. The van der Waals surface area contributed by atoms with E-state index in [9.17, 15) is 4.79 Å². The Hall–Kier alpha value is -1.95. The number of rotatable bonds is 5. The molecule has 2 aromatic rings. The first-order valence-corrected chi connectivity index (χ1v) is 10.5. The predicted octanol–water partition coefficient (Wildman–Crippen LogP) is 3.21. The van der Waals surface area contributed by atoms with Crippen LogP contribution in [0.4, 0.5) is 0 Å². The zero-order chi connectivity index (χ0) is 19.3. The van der Waals surface area contributed by atoms with E-state index in [4.69, 9.17) is 0 Å². The fourth-order valence-electron chi connectivity index (χ4n) is 4.41. The first kappa shape index (κ1) is 21.8. The number of aromatic nitrogens is 1. The number of carbonyl (C=O) groups excluding carboxylic acids is 1. The van der Waals surface area contributed by atoms with Gasteiger partial charge in [-0.3, -0.25) is 14.7 Å². The molecule has 156 valence electrons. The maximum atomic E-state index is 12.8. The molecule has 5 nitrogen and oxygen atoms in total. The normalized spacial score (nSPS) is 20.2. The number of amides is 1. The van der Waals surface area contributed by atoms with Crippen molar-refractivity contribution in [1.29, 1.82) is 0 Å². The van der Waals surface area contributed by atoms with E-state index in [0.29, 0.717) is 6.54 Å². The second kappa shape index (κ2) is 10.2. The third-order valence-electron chi connectivity index (χ3n) is 6.02. The third kappa shape index (κ3) is 5.35. The van der Waals surface area contributed by atoms with Crippen LogP contribution in [0.3, 0.4) is 0 Å². The van der Waals surface area contributed by atoms with Crippen LogP contribution in [0.2, 0.25) is 0 Å².